The van der Waals surface area contributed by atoms with Crippen molar-refractivity contribution in [2.75, 3.05) is 6.26 Å². The molecule has 0 bridgehead atoms. The number of carbonyl (C=O) groups excluding carboxylic acids is 1. The van der Waals surface area contributed by atoms with Gasteiger partial charge >= 0.3 is 0 Å². The molecule has 0 saturated heterocycles. The van der Waals surface area contributed by atoms with E-state index < -0.39 is 10.0 Å². The SMILES string of the molecule is CS(=O)(=O)N(C=O)C1CC1. The van der Waals surface area contributed by atoms with Gasteiger partial charge in [-0.15, -0.1) is 0 Å². The van der Waals surface area contributed by atoms with Gasteiger partial charge in [0.1, 0.15) is 0 Å². The summed E-state index contributed by atoms with van der Waals surface area (Å²) in [5, 5.41) is 0. The highest BCUT2D eigenvalue weighted by Gasteiger charge is 2.33. The molecular weight excluding hydrogens is 154 g/mol. The van der Waals surface area contributed by atoms with Crippen LogP contribution < -0.4 is 0 Å². The molecular formula is C5H9NO3S. The monoisotopic (exact) mass is 163 g/mol. The minimum Gasteiger partial charge on any atom is -0.278 e. The lowest BCUT2D eigenvalue weighted by atomic mass is 10.7. The summed E-state index contributed by atoms with van der Waals surface area (Å²) in [6, 6.07) is -0.0486. The first-order valence-corrected chi connectivity index (χ1v) is 4.84. The normalized spacial score (nSPS) is 18.5. The van der Waals surface area contributed by atoms with Gasteiger partial charge in [-0.3, -0.25) is 4.79 Å². The predicted molar refractivity (Wildman–Crippen MR) is 35.8 cm³/mol. The maximum atomic E-state index is 10.7. The Morgan fingerprint density at radius 2 is 2.00 bits per heavy atom. The van der Waals surface area contributed by atoms with E-state index in [2.05, 4.69) is 0 Å². The summed E-state index contributed by atoms with van der Waals surface area (Å²) in [7, 11) is -3.29. The molecule has 0 heterocycles. The summed E-state index contributed by atoms with van der Waals surface area (Å²) >= 11 is 0. The van der Waals surface area contributed by atoms with Gasteiger partial charge in [-0.2, -0.15) is 0 Å². The van der Waals surface area contributed by atoms with E-state index in [-0.39, 0.29) is 6.04 Å². The molecule has 1 saturated carbocycles. The minimum absolute atomic E-state index is 0.0486. The molecule has 4 nitrogen and oxygen atoms in total. The number of sulfonamides is 1. The molecule has 5 heteroatoms. The van der Waals surface area contributed by atoms with Crippen molar-refractivity contribution in [2.45, 2.75) is 18.9 Å². The molecule has 58 valence electrons. The maximum absolute atomic E-state index is 10.7. The number of carbonyl (C=O) groups is 1. The summed E-state index contributed by atoms with van der Waals surface area (Å²) < 4.78 is 22.4. The van der Waals surface area contributed by atoms with E-state index in [0.29, 0.717) is 6.41 Å². The van der Waals surface area contributed by atoms with E-state index >= 15 is 0 Å². The number of hydrogen-bond acceptors (Lipinski definition) is 3. The Hall–Kier alpha value is -0.580. The average Bonchev–Trinajstić information content (AvgIpc) is 2.46. The summed E-state index contributed by atoms with van der Waals surface area (Å²) in [6.45, 7) is 0. The van der Waals surface area contributed by atoms with Crippen molar-refractivity contribution in [3.63, 3.8) is 0 Å². The second kappa shape index (κ2) is 2.23. The predicted octanol–water partition coefficient (Wildman–Crippen LogP) is -0.433. The molecule has 1 rings (SSSR count). The van der Waals surface area contributed by atoms with Gasteiger partial charge in [0.05, 0.1) is 6.26 Å². The molecule has 0 N–H and O–H groups in total. The van der Waals surface area contributed by atoms with Crippen LogP contribution in [0, 0.1) is 0 Å². The highest BCUT2D eigenvalue weighted by molar-refractivity contribution is 7.88. The van der Waals surface area contributed by atoms with Crippen LogP contribution >= 0.6 is 0 Å². The van der Waals surface area contributed by atoms with Crippen molar-refractivity contribution < 1.29 is 13.2 Å². The number of amides is 1. The highest BCUT2D eigenvalue weighted by atomic mass is 32.2. The number of hydrogen-bond donors (Lipinski definition) is 0. The van der Waals surface area contributed by atoms with E-state index in [1.807, 2.05) is 0 Å². The first-order valence-electron chi connectivity index (χ1n) is 2.99. The Bertz CT molecular complexity index is 229. The lowest BCUT2D eigenvalue weighted by Gasteiger charge is -2.11. The fourth-order valence-corrected chi connectivity index (χ4v) is 1.67. The number of nitrogens with zero attached hydrogens (tertiary/aromatic N) is 1. The summed E-state index contributed by atoms with van der Waals surface area (Å²) in [5.74, 6) is 0. The zero-order valence-electron chi connectivity index (χ0n) is 5.65. The van der Waals surface area contributed by atoms with Crippen LogP contribution in [-0.2, 0) is 14.8 Å². The van der Waals surface area contributed by atoms with Gasteiger partial charge in [0.25, 0.3) is 0 Å². The lowest BCUT2D eigenvalue weighted by Crippen LogP contribution is -2.30. The molecule has 0 aromatic rings. The van der Waals surface area contributed by atoms with Crippen LogP contribution in [0.5, 0.6) is 0 Å². The van der Waals surface area contributed by atoms with E-state index in [9.17, 15) is 13.2 Å². The third-order valence-corrected chi connectivity index (χ3v) is 2.54. The van der Waals surface area contributed by atoms with Crippen molar-refractivity contribution in [3.05, 3.63) is 0 Å². The van der Waals surface area contributed by atoms with E-state index in [1.165, 1.54) is 0 Å². The summed E-state index contributed by atoms with van der Waals surface area (Å²) in [5.41, 5.74) is 0. The third-order valence-electron chi connectivity index (χ3n) is 1.39. The van der Waals surface area contributed by atoms with E-state index in [4.69, 9.17) is 0 Å². The Balaban J connectivity index is 2.74. The molecule has 0 aromatic carbocycles. The van der Waals surface area contributed by atoms with Gasteiger partial charge in [-0.25, -0.2) is 12.7 Å². The molecule has 0 aromatic heterocycles. The molecule has 1 aliphatic rings. The molecule has 1 fully saturated rings. The topological polar surface area (TPSA) is 54.5 Å². The second-order valence-electron chi connectivity index (χ2n) is 2.43. The first-order chi connectivity index (χ1) is 4.55. The number of rotatable bonds is 3. The van der Waals surface area contributed by atoms with E-state index in [0.717, 1.165) is 23.4 Å². The van der Waals surface area contributed by atoms with Gasteiger partial charge in [0.2, 0.25) is 16.4 Å². The van der Waals surface area contributed by atoms with Crippen LogP contribution in [-0.4, -0.2) is 31.4 Å². The second-order valence-corrected chi connectivity index (χ2v) is 4.32. The Morgan fingerprint density at radius 3 is 2.10 bits per heavy atom. The van der Waals surface area contributed by atoms with Crippen molar-refractivity contribution in [3.8, 4) is 0 Å². The van der Waals surface area contributed by atoms with Crippen molar-refractivity contribution in [1.82, 2.24) is 4.31 Å². The first kappa shape index (κ1) is 7.53. The van der Waals surface area contributed by atoms with Crippen LogP contribution in [0.3, 0.4) is 0 Å². The maximum Gasteiger partial charge on any atom is 0.234 e. The lowest BCUT2D eigenvalue weighted by molar-refractivity contribution is -0.114. The quantitative estimate of drug-likeness (QED) is 0.530. The standard InChI is InChI=1S/C5H9NO3S/c1-10(8,9)6(4-7)5-2-3-5/h4-5H,2-3H2,1H3. The Kier molecular flexibility index (Phi) is 1.68. The zero-order chi connectivity index (χ0) is 7.78. The van der Waals surface area contributed by atoms with Gasteiger partial charge < -0.3 is 0 Å². The molecule has 1 aliphatic carbocycles. The third kappa shape index (κ3) is 1.47. The van der Waals surface area contributed by atoms with Crippen LogP contribution in [0.1, 0.15) is 12.8 Å². The molecule has 0 unspecified atom stereocenters. The van der Waals surface area contributed by atoms with Gasteiger partial charge in [-0.05, 0) is 12.8 Å². The fourth-order valence-electron chi connectivity index (χ4n) is 0.764. The highest BCUT2D eigenvalue weighted by Crippen LogP contribution is 2.27. The van der Waals surface area contributed by atoms with Crippen LogP contribution in [0.25, 0.3) is 0 Å². The van der Waals surface area contributed by atoms with Crippen molar-refractivity contribution >= 4 is 16.4 Å². The van der Waals surface area contributed by atoms with Crippen LogP contribution in [0.15, 0.2) is 0 Å². The fraction of sp³-hybridized carbons (Fsp3) is 0.800. The Morgan fingerprint density at radius 1 is 1.50 bits per heavy atom. The van der Waals surface area contributed by atoms with Gasteiger partial charge in [-0.1, -0.05) is 0 Å². The molecule has 0 atom stereocenters. The summed E-state index contributed by atoms with van der Waals surface area (Å²) in [6.07, 6.45) is 3.05. The smallest absolute Gasteiger partial charge is 0.234 e. The largest absolute Gasteiger partial charge is 0.278 e. The van der Waals surface area contributed by atoms with Crippen LogP contribution in [0.4, 0.5) is 0 Å². The molecule has 1 amide bonds. The van der Waals surface area contributed by atoms with Crippen LogP contribution in [0.2, 0.25) is 0 Å². The van der Waals surface area contributed by atoms with Crippen molar-refractivity contribution in [2.24, 2.45) is 0 Å². The Labute approximate surface area is 59.9 Å². The van der Waals surface area contributed by atoms with Gasteiger partial charge in [0, 0.05) is 6.04 Å². The molecule has 0 spiro atoms. The van der Waals surface area contributed by atoms with E-state index in [1.54, 1.807) is 0 Å². The molecule has 10 heavy (non-hydrogen) atoms. The summed E-state index contributed by atoms with van der Waals surface area (Å²) in [4.78, 5) is 10.2. The zero-order valence-corrected chi connectivity index (χ0v) is 6.47. The van der Waals surface area contributed by atoms with Crippen molar-refractivity contribution in [1.29, 1.82) is 0 Å². The molecule has 0 aliphatic heterocycles. The average molecular weight is 163 g/mol. The van der Waals surface area contributed by atoms with Gasteiger partial charge in [0.15, 0.2) is 0 Å². The minimum atomic E-state index is -3.29. The molecule has 0 radical (unpaired) electrons.